The molecule has 122 valence electrons. The van der Waals surface area contributed by atoms with E-state index in [0.29, 0.717) is 10.0 Å². The number of hydrogen-bond acceptors (Lipinski definition) is 5. The molecule has 0 aliphatic carbocycles. The second kappa shape index (κ2) is 7.12. The van der Waals surface area contributed by atoms with Crippen molar-refractivity contribution < 1.29 is 13.9 Å². The van der Waals surface area contributed by atoms with Crippen molar-refractivity contribution in [2.75, 3.05) is 5.32 Å². The average Bonchev–Trinajstić information content (AvgIpc) is 2.90. The summed E-state index contributed by atoms with van der Waals surface area (Å²) >= 11 is 12.8. The van der Waals surface area contributed by atoms with Gasteiger partial charge in [-0.3, -0.25) is 4.79 Å². The molecule has 0 bridgehead atoms. The minimum Gasteiger partial charge on any atom is -0.421 e. The predicted molar refractivity (Wildman–Crippen MR) is 90.8 cm³/mol. The van der Waals surface area contributed by atoms with Crippen molar-refractivity contribution in [1.29, 1.82) is 0 Å². The fourth-order valence-electron chi connectivity index (χ4n) is 1.75. The van der Waals surface area contributed by atoms with Gasteiger partial charge in [0.2, 0.25) is 0 Å². The van der Waals surface area contributed by atoms with E-state index in [1.807, 2.05) is 0 Å². The van der Waals surface area contributed by atoms with E-state index < -0.39 is 11.7 Å². The van der Waals surface area contributed by atoms with Gasteiger partial charge < -0.3 is 10.1 Å². The number of hydrogen-bond donors (Lipinski definition) is 1. The van der Waals surface area contributed by atoms with E-state index in [-0.39, 0.29) is 21.7 Å². The molecule has 24 heavy (non-hydrogen) atoms. The number of ether oxygens (including phenoxy) is 1. The number of carbonyl (C=O) groups is 1. The summed E-state index contributed by atoms with van der Waals surface area (Å²) in [5.41, 5.74) is 0.595. The lowest BCUT2D eigenvalue weighted by molar-refractivity contribution is 0.102. The zero-order valence-corrected chi connectivity index (χ0v) is 14.1. The van der Waals surface area contributed by atoms with Gasteiger partial charge in [-0.05, 0) is 18.2 Å². The molecular formula is C15H8Cl2FN3O2S. The van der Waals surface area contributed by atoms with E-state index in [9.17, 15) is 9.18 Å². The van der Waals surface area contributed by atoms with Crippen molar-refractivity contribution in [3.05, 3.63) is 62.8 Å². The number of anilines is 1. The lowest BCUT2D eigenvalue weighted by Crippen LogP contribution is -2.11. The number of rotatable bonds is 4. The highest BCUT2D eigenvalue weighted by molar-refractivity contribution is 7.20. The largest absolute Gasteiger partial charge is 0.421 e. The van der Waals surface area contributed by atoms with E-state index in [2.05, 4.69) is 15.3 Å². The summed E-state index contributed by atoms with van der Waals surface area (Å²) in [5.74, 6) is -0.953. The first-order valence-corrected chi connectivity index (χ1v) is 8.11. The minimum absolute atomic E-state index is 0.00832. The third kappa shape index (κ3) is 3.81. The number of thiophene rings is 1. The number of benzene rings is 1. The number of nitrogens with zero attached hydrogens (tertiary/aromatic N) is 2. The highest BCUT2D eigenvalue weighted by atomic mass is 35.5. The zero-order valence-electron chi connectivity index (χ0n) is 11.8. The molecule has 2 heterocycles. The lowest BCUT2D eigenvalue weighted by atomic mass is 10.3. The van der Waals surface area contributed by atoms with Crippen LogP contribution in [0.15, 0.2) is 42.7 Å². The molecule has 0 saturated carbocycles. The van der Waals surface area contributed by atoms with Gasteiger partial charge >= 0.3 is 6.01 Å². The van der Waals surface area contributed by atoms with Crippen molar-refractivity contribution >= 4 is 46.1 Å². The highest BCUT2D eigenvalue weighted by Crippen LogP contribution is 2.31. The van der Waals surface area contributed by atoms with Crippen molar-refractivity contribution in [2.45, 2.75) is 0 Å². The first kappa shape index (κ1) is 16.6. The number of amides is 1. The summed E-state index contributed by atoms with van der Waals surface area (Å²) in [6.07, 6.45) is 2.67. The molecule has 3 aromatic rings. The molecular weight excluding hydrogens is 376 g/mol. The van der Waals surface area contributed by atoms with Gasteiger partial charge in [0.15, 0.2) is 11.6 Å². The zero-order chi connectivity index (χ0) is 17.1. The molecule has 9 heteroatoms. The topological polar surface area (TPSA) is 64.1 Å². The average molecular weight is 384 g/mol. The Morgan fingerprint density at radius 3 is 2.54 bits per heavy atom. The standard InChI is InChI=1S/C15H8Cl2FN3O2S/c16-12-5-9(13(17)24-12)14(22)21-8-6-19-15(20-7-8)23-11-4-2-1-3-10(11)18/h1-7H,(H,21,22). The molecule has 0 fully saturated rings. The Kier molecular flexibility index (Phi) is 4.94. The van der Waals surface area contributed by atoms with Crippen molar-refractivity contribution in [1.82, 2.24) is 9.97 Å². The van der Waals surface area contributed by atoms with E-state index in [1.165, 1.54) is 30.6 Å². The van der Waals surface area contributed by atoms with E-state index in [4.69, 9.17) is 27.9 Å². The van der Waals surface area contributed by atoms with Crippen LogP contribution in [-0.4, -0.2) is 15.9 Å². The number of nitrogens with one attached hydrogen (secondary N) is 1. The first-order valence-electron chi connectivity index (χ1n) is 6.53. The molecule has 5 nitrogen and oxygen atoms in total. The molecule has 1 amide bonds. The van der Waals surface area contributed by atoms with Crippen LogP contribution in [0, 0.1) is 5.82 Å². The fraction of sp³-hybridized carbons (Fsp3) is 0. The third-order valence-corrected chi connectivity index (χ3v) is 4.31. The molecule has 0 unspecified atom stereocenters. The van der Waals surface area contributed by atoms with Gasteiger partial charge in [-0.2, -0.15) is 0 Å². The number of carbonyl (C=O) groups excluding carboxylic acids is 1. The molecule has 3 rings (SSSR count). The van der Waals surface area contributed by atoms with Gasteiger partial charge in [-0.25, -0.2) is 14.4 Å². The summed E-state index contributed by atoms with van der Waals surface area (Å²) in [4.78, 5) is 19.9. The Morgan fingerprint density at radius 2 is 1.92 bits per heavy atom. The van der Waals surface area contributed by atoms with Crippen molar-refractivity contribution in [3.8, 4) is 11.8 Å². The molecule has 0 aliphatic heterocycles. The second-order valence-corrected chi connectivity index (χ2v) is 6.76. The molecule has 0 spiro atoms. The summed E-state index contributed by atoms with van der Waals surface area (Å²) in [5, 5.41) is 2.58. The summed E-state index contributed by atoms with van der Waals surface area (Å²) < 4.78 is 19.4. The molecule has 0 atom stereocenters. The molecule has 1 N–H and O–H groups in total. The van der Waals surface area contributed by atoms with Crippen LogP contribution in [0.5, 0.6) is 11.8 Å². The van der Waals surface area contributed by atoms with Gasteiger partial charge in [0.05, 0.1) is 28.0 Å². The van der Waals surface area contributed by atoms with Gasteiger partial charge in [0.25, 0.3) is 5.91 Å². The van der Waals surface area contributed by atoms with Gasteiger partial charge in [0.1, 0.15) is 4.34 Å². The van der Waals surface area contributed by atoms with Crippen LogP contribution in [0.2, 0.25) is 8.67 Å². The second-order valence-electron chi connectivity index (χ2n) is 4.48. The quantitative estimate of drug-likeness (QED) is 0.686. The molecule has 0 saturated heterocycles. The molecule has 0 radical (unpaired) electrons. The van der Waals surface area contributed by atoms with Crippen LogP contribution < -0.4 is 10.1 Å². The number of aromatic nitrogens is 2. The van der Waals surface area contributed by atoms with Crippen LogP contribution in [0.1, 0.15) is 10.4 Å². The maximum absolute atomic E-state index is 13.5. The van der Waals surface area contributed by atoms with E-state index in [0.717, 1.165) is 11.3 Å². The van der Waals surface area contributed by atoms with E-state index >= 15 is 0 Å². The Balaban J connectivity index is 1.70. The number of para-hydroxylation sites is 1. The predicted octanol–water partition coefficient (Wildman–Crippen LogP) is 5.03. The highest BCUT2D eigenvalue weighted by Gasteiger charge is 2.15. The van der Waals surface area contributed by atoms with Gasteiger partial charge in [-0.1, -0.05) is 35.3 Å². The Hall–Kier alpha value is -2.22. The Morgan fingerprint density at radius 1 is 1.21 bits per heavy atom. The van der Waals surface area contributed by atoms with E-state index in [1.54, 1.807) is 12.1 Å². The maximum atomic E-state index is 13.5. The monoisotopic (exact) mass is 383 g/mol. The molecule has 1 aromatic carbocycles. The van der Waals surface area contributed by atoms with Crippen LogP contribution in [0.4, 0.5) is 10.1 Å². The first-order chi connectivity index (χ1) is 11.5. The molecule has 2 aromatic heterocycles. The van der Waals surface area contributed by atoms with Crippen molar-refractivity contribution in [2.24, 2.45) is 0 Å². The van der Waals surface area contributed by atoms with Crippen LogP contribution in [0.3, 0.4) is 0 Å². The van der Waals surface area contributed by atoms with Gasteiger partial charge in [-0.15, -0.1) is 11.3 Å². The lowest BCUT2D eigenvalue weighted by Gasteiger charge is -2.06. The summed E-state index contributed by atoms with van der Waals surface area (Å²) in [7, 11) is 0. The van der Waals surface area contributed by atoms with Crippen LogP contribution >= 0.6 is 34.5 Å². The fourth-order valence-corrected chi connectivity index (χ4v) is 3.21. The molecule has 0 aliphatic rings. The SMILES string of the molecule is O=C(Nc1cnc(Oc2ccccc2F)nc1)c1cc(Cl)sc1Cl. The number of halogens is 3. The Labute approximate surface area is 150 Å². The summed E-state index contributed by atoms with van der Waals surface area (Å²) in [6.45, 7) is 0. The minimum atomic E-state index is -0.526. The third-order valence-electron chi connectivity index (χ3n) is 2.83. The Bertz CT molecular complexity index is 887. The maximum Gasteiger partial charge on any atom is 0.322 e. The smallest absolute Gasteiger partial charge is 0.322 e. The van der Waals surface area contributed by atoms with Gasteiger partial charge in [0, 0.05) is 0 Å². The van der Waals surface area contributed by atoms with Crippen LogP contribution in [0.25, 0.3) is 0 Å². The summed E-state index contributed by atoms with van der Waals surface area (Å²) in [6, 6.07) is 7.32. The normalized spacial score (nSPS) is 10.5. The van der Waals surface area contributed by atoms with Crippen LogP contribution in [-0.2, 0) is 0 Å². The van der Waals surface area contributed by atoms with Crippen molar-refractivity contribution in [3.63, 3.8) is 0 Å².